The number of hydrogen-bond donors (Lipinski definition) is 4. The van der Waals surface area contributed by atoms with E-state index >= 15 is 0 Å². The summed E-state index contributed by atoms with van der Waals surface area (Å²) in [5.41, 5.74) is 5.95. The minimum absolute atomic E-state index is 0.00993. The molecular formula is C52H74N8O5. The predicted molar refractivity (Wildman–Crippen MR) is 267 cm³/mol. The van der Waals surface area contributed by atoms with E-state index in [0.717, 1.165) is 52.9 Å². The molecule has 1 fully saturated rings. The summed E-state index contributed by atoms with van der Waals surface area (Å²) in [5, 5.41) is 5.13. The smallest absolute Gasteiger partial charge is 0.242 e. The number of H-pyrrole nitrogens is 2. The van der Waals surface area contributed by atoms with E-state index in [1.807, 2.05) is 31.2 Å². The van der Waals surface area contributed by atoms with Gasteiger partial charge in [0.05, 0.1) is 50.0 Å². The second-order valence-electron chi connectivity index (χ2n) is 14.5. The Morgan fingerprint density at radius 1 is 0.677 bits per heavy atom. The summed E-state index contributed by atoms with van der Waals surface area (Å²) in [6, 6.07) is 16.4. The molecule has 0 radical (unpaired) electrons. The molecule has 2 heterocycles. The second kappa shape index (κ2) is 38.6. The van der Waals surface area contributed by atoms with Crippen molar-refractivity contribution in [2.75, 3.05) is 40.4 Å². The number of benzene rings is 2. The van der Waals surface area contributed by atoms with Crippen LogP contribution in [0.5, 0.6) is 0 Å². The maximum Gasteiger partial charge on any atom is 0.242 e. The number of terminal acetylenes is 4. The summed E-state index contributed by atoms with van der Waals surface area (Å²) >= 11 is 0. The fraction of sp³-hybridized carbons (Fsp3) is 0.423. The Kier molecular flexibility index (Phi) is 37.0. The zero-order chi connectivity index (χ0) is 50.2. The zero-order valence-electron chi connectivity index (χ0n) is 40.3. The fourth-order valence-corrected chi connectivity index (χ4v) is 5.50. The van der Waals surface area contributed by atoms with Crippen molar-refractivity contribution in [3.63, 3.8) is 0 Å². The van der Waals surface area contributed by atoms with Crippen LogP contribution in [0.4, 0.5) is 0 Å². The number of rotatable bonds is 17. The van der Waals surface area contributed by atoms with E-state index < -0.39 is 0 Å². The number of ether oxygens (including phenoxy) is 1. The van der Waals surface area contributed by atoms with Crippen LogP contribution < -0.4 is 10.6 Å². The van der Waals surface area contributed by atoms with Gasteiger partial charge in [-0.25, -0.2) is 9.97 Å². The quantitative estimate of drug-likeness (QED) is 0.0611. The Balaban J connectivity index is -0.00000200. The molecule has 0 spiro atoms. The number of aromatic amines is 2. The van der Waals surface area contributed by atoms with Crippen LogP contribution in [-0.2, 0) is 37.0 Å². The van der Waals surface area contributed by atoms with Gasteiger partial charge in [-0.2, -0.15) is 0 Å². The van der Waals surface area contributed by atoms with Gasteiger partial charge in [-0.15, -0.1) is 51.4 Å². The van der Waals surface area contributed by atoms with Crippen LogP contribution in [0.1, 0.15) is 98.6 Å². The van der Waals surface area contributed by atoms with E-state index in [1.54, 1.807) is 43.3 Å². The Labute approximate surface area is 390 Å². The molecule has 4 amide bonds. The number of methoxy groups -OCH3 is 1. The second-order valence-corrected chi connectivity index (χ2v) is 14.5. The highest BCUT2D eigenvalue weighted by Crippen LogP contribution is 2.45. The van der Waals surface area contributed by atoms with Crippen molar-refractivity contribution < 1.29 is 23.9 Å². The largest absolute Gasteiger partial charge is 0.388 e. The third-order valence-corrected chi connectivity index (χ3v) is 8.63. The first-order valence-corrected chi connectivity index (χ1v) is 21.5. The van der Waals surface area contributed by atoms with Crippen LogP contribution in [0.3, 0.4) is 0 Å². The Morgan fingerprint density at radius 2 is 1.05 bits per heavy atom. The molecule has 0 unspecified atom stereocenters. The van der Waals surface area contributed by atoms with Crippen LogP contribution in [0, 0.1) is 56.8 Å². The maximum atomic E-state index is 13.0. The summed E-state index contributed by atoms with van der Waals surface area (Å²) in [5.74, 6) is 0.973. The average molecular weight is 891 g/mol. The number of nitrogens with zero attached hydrogens (tertiary/aromatic N) is 4. The number of carbonyl (C=O) groups is 4. The molecule has 1 aliphatic carbocycles. The first-order valence-electron chi connectivity index (χ1n) is 21.5. The molecule has 2 aromatic heterocycles. The molecule has 13 heteroatoms. The molecule has 4 N–H and O–H groups in total. The van der Waals surface area contributed by atoms with Gasteiger partial charge in [0.1, 0.15) is 11.6 Å². The van der Waals surface area contributed by atoms with Crippen LogP contribution in [-0.4, -0.2) is 94.3 Å². The lowest BCUT2D eigenvalue weighted by molar-refractivity contribution is -0.134. The molecule has 352 valence electrons. The van der Waals surface area contributed by atoms with Crippen LogP contribution >= 0.6 is 0 Å². The van der Waals surface area contributed by atoms with Crippen LogP contribution in [0.15, 0.2) is 60.9 Å². The Hall–Kier alpha value is -7.06. The Bertz CT molecular complexity index is 1920. The van der Waals surface area contributed by atoms with Gasteiger partial charge < -0.3 is 35.1 Å². The van der Waals surface area contributed by atoms with E-state index in [0.29, 0.717) is 50.7 Å². The topological polar surface area (TPSA) is 165 Å². The molecule has 2 aromatic carbocycles. The molecule has 5 rings (SSSR count). The summed E-state index contributed by atoms with van der Waals surface area (Å²) < 4.78 is 4.25. The van der Waals surface area contributed by atoms with Crippen molar-refractivity contribution in [2.24, 2.45) is 5.41 Å². The molecule has 13 nitrogen and oxygen atoms in total. The van der Waals surface area contributed by atoms with Gasteiger partial charge in [-0.3, -0.25) is 19.2 Å². The van der Waals surface area contributed by atoms with E-state index in [4.69, 9.17) is 0 Å². The number of nitrogens with one attached hydrogen (secondary N) is 4. The van der Waals surface area contributed by atoms with Gasteiger partial charge in [0.25, 0.3) is 0 Å². The molecule has 0 saturated heterocycles. The van der Waals surface area contributed by atoms with E-state index in [9.17, 15) is 19.2 Å². The lowest BCUT2D eigenvalue weighted by Crippen LogP contribution is -2.42. The fourth-order valence-electron chi connectivity index (χ4n) is 5.50. The molecular weight excluding hydrogens is 817 g/mol. The van der Waals surface area contributed by atoms with Crippen molar-refractivity contribution in [1.82, 2.24) is 40.4 Å². The van der Waals surface area contributed by atoms with Gasteiger partial charge in [0.15, 0.2) is 0 Å². The number of imidazole rings is 2. The van der Waals surface area contributed by atoms with E-state index in [-0.39, 0.29) is 36.2 Å². The summed E-state index contributed by atoms with van der Waals surface area (Å²) in [4.78, 5) is 66.9. The SMILES string of the molecule is C#C.C#C.C#C.C#C.CCC.CCC.CCCN(Cc1ncc(-c2ccc(-c3ccc(-c4cnc(CN(CC5(C)CC5)C(=O)CNC(=O)CC)[nH]4)cc3)cc2)[nH]1)C(=O)CNC=O.COC. The van der Waals surface area contributed by atoms with Gasteiger partial charge in [0, 0.05) is 33.7 Å². The number of aromatic nitrogens is 4. The van der Waals surface area contributed by atoms with Crippen molar-refractivity contribution >= 4 is 24.1 Å². The zero-order valence-corrected chi connectivity index (χ0v) is 40.3. The maximum absolute atomic E-state index is 13.0. The first kappa shape index (κ1) is 62.2. The minimum Gasteiger partial charge on any atom is -0.388 e. The molecule has 65 heavy (non-hydrogen) atoms. The standard InChI is InChI=1S/C36H44N8O4.2C3H8.C2H6O.4C2H2/c1-4-16-43(34(47)19-37-24-45)21-31-38-17-29(41-31)27-10-6-25(7-11-27)26-8-12-28(13-9-26)30-18-39-32(42-30)22-44(23-36(3)14-15-36)35(48)20-40-33(46)5-2;3*1-3-2;4*1-2/h6-13,17-18,24H,4-5,14-16,19-23H2,1-3H3,(H,37,45)(H,38,41)(H,39,42)(H,40,46);2*3H2,1-2H3;1-2H3;4*1-2H. The number of hydrogen-bond acceptors (Lipinski definition) is 7. The molecule has 1 aliphatic rings. The van der Waals surface area contributed by atoms with Crippen molar-refractivity contribution in [2.45, 2.75) is 100 Å². The van der Waals surface area contributed by atoms with E-state index in [2.05, 4.69) is 146 Å². The highest BCUT2D eigenvalue weighted by atomic mass is 16.4. The number of amides is 4. The summed E-state index contributed by atoms with van der Waals surface area (Å²) in [6.07, 6.45) is 41.9. The highest BCUT2D eigenvalue weighted by Gasteiger charge is 2.40. The van der Waals surface area contributed by atoms with Gasteiger partial charge in [-0.05, 0) is 46.9 Å². The normalized spacial score (nSPS) is 10.6. The highest BCUT2D eigenvalue weighted by molar-refractivity contribution is 5.84. The van der Waals surface area contributed by atoms with E-state index in [1.165, 1.54) is 12.8 Å². The lowest BCUT2D eigenvalue weighted by Gasteiger charge is -2.25. The van der Waals surface area contributed by atoms with Crippen molar-refractivity contribution in [3.05, 3.63) is 72.6 Å². The van der Waals surface area contributed by atoms with Gasteiger partial charge in [-0.1, -0.05) is 110 Å². The molecule has 0 aliphatic heterocycles. The van der Waals surface area contributed by atoms with Crippen LogP contribution in [0.25, 0.3) is 33.6 Å². The lowest BCUT2D eigenvalue weighted by atomic mass is 10.0. The summed E-state index contributed by atoms with van der Waals surface area (Å²) in [7, 11) is 3.25. The molecule has 1 saturated carbocycles. The molecule has 0 bridgehead atoms. The summed E-state index contributed by atoms with van der Waals surface area (Å²) in [6.45, 7) is 16.3. The molecule has 4 aromatic rings. The average Bonchev–Trinajstić information content (AvgIpc) is 3.64. The van der Waals surface area contributed by atoms with Gasteiger partial charge in [0.2, 0.25) is 24.1 Å². The van der Waals surface area contributed by atoms with Crippen LogP contribution in [0.2, 0.25) is 0 Å². The van der Waals surface area contributed by atoms with Crippen molar-refractivity contribution in [1.29, 1.82) is 0 Å². The third kappa shape index (κ3) is 25.0. The predicted octanol–water partition coefficient (Wildman–Crippen LogP) is 8.37. The monoisotopic (exact) mass is 891 g/mol. The number of carbonyl (C=O) groups excluding carboxylic acids is 4. The first-order chi connectivity index (χ1) is 31.4. The third-order valence-electron chi connectivity index (χ3n) is 8.63. The minimum atomic E-state index is -0.155. The van der Waals surface area contributed by atoms with Crippen molar-refractivity contribution in [3.8, 4) is 85.0 Å². The molecule has 0 atom stereocenters. The Morgan fingerprint density at radius 3 is 1.40 bits per heavy atom. The van der Waals surface area contributed by atoms with Gasteiger partial charge >= 0.3 is 0 Å².